The summed E-state index contributed by atoms with van der Waals surface area (Å²) >= 11 is 0. The van der Waals surface area contributed by atoms with Crippen LogP contribution in [0, 0.1) is 15.9 Å². The van der Waals surface area contributed by atoms with Gasteiger partial charge in [0.05, 0.1) is 5.56 Å². The van der Waals surface area contributed by atoms with Crippen LogP contribution in [-0.4, -0.2) is 22.5 Å². The lowest BCUT2D eigenvalue weighted by Gasteiger charge is -2.01. The molecule has 0 saturated carbocycles. The molecule has 5 nitrogen and oxygen atoms in total. The number of hydrogen-bond acceptors (Lipinski definition) is 3. The molecule has 0 atom stereocenters. The van der Waals surface area contributed by atoms with Crippen LogP contribution in [0.25, 0.3) is 0 Å². The van der Waals surface area contributed by atoms with Crippen molar-refractivity contribution in [2.45, 2.75) is 6.42 Å². The van der Waals surface area contributed by atoms with Crippen molar-refractivity contribution in [3.63, 3.8) is 0 Å². The second-order valence-electron chi connectivity index (χ2n) is 2.92. The summed E-state index contributed by atoms with van der Waals surface area (Å²) in [5.41, 5.74) is -0.0194. The molecule has 0 amide bonds. The molecule has 0 fully saturated rings. The number of benzene rings is 1. The van der Waals surface area contributed by atoms with E-state index < -0.39 is 16.7 Å². The van der Waals surface area contributed by atoms with Gasteiger partial charge in [0.15, 0.2) is 0 Å². The number of hydrogen-bond donors (Lipinski definition) is 1. The molecular weight excluding hydrogens is 205 g/mol. The first kappa shape index (κ1) is 11.1. The molecule has 0 aliphatic carbocycles. The van der Waals surface area contributed by atoms with Crippen LogP contribution in [0.15, 0.2) is 18.2 Å². The Morgan fingerprint density at radius 3 is 2.67 bits per heavy atom. The highest BCUT2D eigenvalue weighted by atomic mass is 19.1. The Labute approximate surface area is 84.3 Å². The number of nitrogens with zero attached hydrogens (tertiary/aromatic N) is 1. The first-order valence-corrected chi connectivity index (χ1v) is 4.14. The second kappa shape index (κ2) is 4.50. The van der Waals surface area contributed by atoms with Crippen LogP contribution in [0.3, 0.4) is 0 Å². The summed E-state index contributed by atoms with van der Waals surface area (Å²) in [5, 5.41) is 18.6. The van der Waals surface area contributed by atoms with Crippen molar-refractivity contribution < 1.29 is 19.2 Å². The van der Waals surface area contributed by atoms with Crippen LogP contribution in [0.1, 0.15) is 15.9 Å². The number of nitro groups is 1. The van der Waals surface area contributed by atoms with Gasteiger partial charge in [-0.3, -0.25) is 10.1 Å². The fourth-order valence-electron chi connectivity index (χ4n) is 1.09. The summed E-state index contributed by atoms with van der Waals surface area (Å²) in [6, 6.07) is 3.33. The lowest BCUT2D eigenvalue weighted by Crippen LogP contribution is -2.06. The zero-order valence-electron chi connectivity index (χ0n) is 7.64. The van der Waals surface area contributed by atoms with E-state index in [2.05, 4.69) is 0 Å². The summed E-state index contributed by atoms with van der Waals surface area (Å²) in [6.45, 7) is -0.372. The van der Waals surface area contributed by atoms with E-state index in [1.54, 1.807) is 0 Å². The fourth-order valence-corrected chi connectivity index (χ4v) is 1.09. The number of halogens is 1. The normalized spacial score (nSPS) is 9.93. The van der Waals surface area contributed by atoms with E-state index in [9.17, 15) is 19.3 Å². The van der Waals surface area contributed by atoms with Crippen molar-refractivity contribution in [1.29, 1.82) is 0 Å². The van der Waals surface area contributed by atoms with E-state index in [0.29, 0.717) is 0 Å². The summed E-state index contributed by atoms with van der Waals surface area (Å²) in [7, 11) is 0. The maximum Gasteiger partial charge on any atom is 0.335 e. The molecule has 0 aliphatic heterocycles. The molecule has 0 unspecified atom stereocenters. The molecule has 0 heterocycles. The van der Waals surface area contributed by atoms with Gasteiger partial charge >= 0.3 is 5.97 Å². The zero-order chi connectivity index (χ0) is 11.4. The van der Waals surface area contributed by atoms with Gasteiger partial charge in [-0.25, -0.2) is 9.18 Å². The van der Waals surface area contributed by atoms with E-state index >= 15 is 0 Å². The molecule has 1 rings (SSSR count). The highest BCUT2D eigenvalue weighted by molar-refractivity contribution is 5.87. The molecule has 1 aromatic rings. The van der Waals surface area contributed by atoms with E-state index in [0.717, 1.165) is 6.07 Å². The lowest BCUT2D eigenvalue weighted by atomic mass is 10.1. The quantitative estimate of drug-likeness (QED) is 0.604. The third-order valence-electron chi connectivity index (χ3n) is 1.86. The maximum atomic E-state index is 13.2. The van der Waals surface area contributed by atoms with Gasteiger partial charge in [0.1, 0.15) is 5.82 Å². The number of carboxylic acid groups (broad SMARTS) is 1. The monoisotopic (exact) mass is 213 g/mol. The van der Waals surface area contributed by atoms with E-state index in [1.807, 2.05) is 0 Å². The second-order valence-corrected chi connectivity index (χ2v) is 2.92. The van der Waals surface area contributed by atoms with Crippen molar-refractivity contribution in [3.8, 4) is 0 Å². The highest BCUT2D eigenvalue weighted by Gasteiger charge is 2.09. The van der Waals surface area contributed by atoms with Gasteiger partial charge in [-0.05, 0) is 17.7 Å². The van der Waals surface area contributed by atoms with Crippen LogP contribution < -0.4 is 0 Å². The van der Waals surface area contributed by atoms with Crippen molar-refractivity contribution >= 4 is 5.97 Å². The smallest absolute Gasteiger partial charge is 0.335 e. The number of carbonyl (C=O) groups is 1. The Morgan fingerprint density at radius 1 is 1.53 bits per heavy atom. The van der Waals surface area contributed by atoms with Gasteiger partial charge < -0.3 is 5.11 Å². The van der Waals surface area contributed by atoms with Gasteiger partial charge in [-0.2, -0.15) is 0 Å². The average molecular weight is 213 g/mol. The third-order valence-corrected chi connectivity index (χ3v) is 1.86. The Hall–Kier alpha value is -1.98. The molecule has 1 N–H and O–H groups in total. The van der Waals surface area contributed by atoms with Crippen molar-refractivity contribution in [1.82, 2.24) is 0 Å². The minimum absolute atomic E-state index is 0.0429. The van der Waals surface area contributed by atoms with E-state index in [-0.39, 0.29) is 24.1 Å². The largest absolute Gasteiger partial charge is 0.478 e. The van der Waals surface area contributed by atoms with E-state index in [4.69, 9.17) is 5.11 Å². The molecule has 0 aliphatic rings. The molecule has 0 aromatic heterocycles. The molecule has 0 radical (unpaired) electrons. The van der Waals surface area contributed by atoms with Gasteiger partial charge in [-0.1, -0.05) is 6.07 Å². The Kier molecular flexibility index (Phi) is 3.33. The Bertz CT molecular complexity index is 405. The highest BCUT2D eigenvalue weighted by Crippen LogP contribution is 2.11. The first-order valence-electron chi connectivity index (χ1n) is 4.14. The maximum absolute atomic E-state index is 13.2. The van der Waals surface area contributed by atoms with Crippen LogP contribution in [-0.2, 0) is 6.42 Å². The van der Waals surface area contributed by atoms with Crippen LogP contribution in [0.4, 0.5) is 4.39 Å². The van der Waals surface area contributed by atoms with E-state index in [1.165, 1.54) is 12.1 Å². The third kappa shape index (κ3) is 3.01. The minimum atomic E-state index is -1.23. The molecule has 15 heavy (non-hydrogen) atoms. The van der Waals surface area contributed by atoms with Gasteiger partial charge in [0.2, 0.25) is 6.54 Å². The lowest BCUT2D eigenvalue weighted by molar-refractivity contribution is -0.479. The molecule has 1 aromatic carbocycles. The molecule has 0 spiro atoms. The summed E-state index contributed by atoms with van der Waals surface area (Å²) in [6.07, 6.45) is -0.0429. The van der Waals surface area contributed by atoms with Gasteiger partial charge in [-0.15, -0.1) is 0 Å². The summed E-state index contributed by atoms with van der Waals surface area (Å²) < 4.78 is 13.2. The molecule has 6 heteroatoms. The van der Waals surface area contributed by atoms with Crippen molar-refractivity contribution in [2.75, 3.05) is 6.54 Å². The predicted molar refractivity (Wildman–Crippen MR) is 48.9 cm³/mol. The standard InChI is InChI=1S/C9H8FNO4/c10-8-5-7(9(12)13)2-1-6(8)3-4-11(14)15/h1-2,5H,3-4H2,(H,12,13). The van der Waals surface area contributed by atoms with Crippen LogP contribution >= 0.6 is 0 Å². The Morgan fingerprint density at radius 2 is 2.20 bits per heavy atom. The number of carboxylic acids is 1. The topological polar surface area (TPSA) is 80.4 Å². The van der Waals surface area contributed by atoms with Crippen molar-refractivity contribution in [2.24, 2.45) is 0 Å². The predicted octanol–water partition coefficient (Wildman–Crippen LogP) is 1.34. The van der Waals surface area contributed by atoms with Crippen LogP contribution in [0.2, 0.25) is 0 Å². The van der Waals surface area contributed by atoms with Crippen molar-refractivity contribution in [3.05, 3.63) is 45.3 Å². The van der Waals surface area contributed by atoms with Crippen LogP contribution in [0.5, 0.6) is 0 Å². The van der Waals surface area contributed by atoms with Gasteiger partial charge in [0.25, 0.3) is 0 Å². The molecule has 80 valence electrons. The SMILES string of the molecule is O=C(O)c1ccc(CC[N+](=O)[O-])c(F)c1. The molecular formula is C9H8FNO4. The first-order chi connectivity index (χ1) is 7.00. The molecule has 0 bridgehead atoms. The summed E-state index contributed by atoms with van der Waals surface area (Å²) in [5.74, 6) is -1.95. The Balaban J connectivity index is 2.83. The average Bonchev–Trinajstić information content (AvgIpc) is 2.15. The number of rotatable bonds is 4. The fraction of sp³-hybridized carbons (Fsp3) is 0.222. The number of aromatic carboxylic acids is 1. The minimum Gasteiger partial charge on any atom is -0.478 e. The molecule has 0 saturated heterocycles. The summed E-state index contributed by atoms with van der Waals surface area (Å²) in [4.78, 5) is 20.0. The zero-order valence-corrected chi connectivity index (χ0v) is 7.64. The van der Waals surface area contributed by atoms with Gasteiger partial charge in [0, 0.05) is 11.3 Å².